The standard InChI is InChI=1S/C7H8N2O.C6H12O2/c8-6-3-1-2-5(4-10)7(6)9;1-2-3-4-5-6(7)8/h1-4H,8-9H2;2-5H2,1H3,(H,7,8). The van der Waals surface area contributed by atoms with Crippen LogP contribution in [0.1, 0.15) is 43.0 Å². The highest BCUT2D eigenvalue weighted by Crippen LogP contribution is 2.16. The van der Waals surface area contributed by atoms with E-state index in [0.29, 0.717) is 29.6 Å². The van der Waals surface area contributed by atoms with Crippen LogP contribution in [0.25, 0.3) is 0 Å². The largest absolute Gasteiger partial charge is 0.481 e. The molecule has 0 bridgehead atoms. The third-order valence-corrected chi connectivity index (χ3v) is 2.29. The lowest BCUT2D eigenvalue weighted by Gasteiger charge is -1.99. The number of hydrogen-bond donors (Lipinski definition) is 3. The number of nitrogen functional groups attached to an aromatic ring is 2. The molecule has 0 heterocycles. The zero-order valence-corrected chi connectivity index (χ0v) is 10.6. The van der Waals surface area contributed by atoms with Gasteiger partial charge in [0.2, 0.25) is 0 Å². The highest BCUT2D eigenvalue weighted by atomic mass is 16.4. The van der Waals surface area contributed by atoms with Gasteiger partial charge in [-0.05, 0) is 18.6 Å². The highest BCUT2D eigenvalue weighted by Gasteiger charge is 1.98. The zero-order valence-electron chi connectivity index (χ0n) is 10.6. The molecule has 0 aromatic heterocycles. The van der Waals surface area contributed by atoms with E-state index in [9.17, 15) is 9.59 Å². The topological polar surface area (TPSA) is 106 Å². The minimum atomic E-state index is -0.682. The first-order chi connectivity index (χ1) is 8.52. The Balaban J connectivity index is 0.000000331. The fraction of sp³-hybridized carbons (Fsp3) is 0.385. The summed E-state index contributed by atoms with van der Waals surface area (Å²) >= 11 is 0. The number of carbonyl (C=O) groups excluding carboxylic acids is 1. The maximum atomic E-state index is 10.2. The van der Waals surface area contributed by atoms with E-state index in [1.165, 1.54) is 0 Å². The van der Waals surface area contributed by atoms with E-state index in [1.807, 2.05) is 0 Å². The Hall–Kier alpha value is -2.04. The van der Waals surface area contributed by atoms with Crippen LogP contribution in [0.15, 0.2) is 18.2 Å². The lowest BCUT2D eigenvalue weighted by atomic mass is 10.2. The first-order valence-corrected chi connectivity index (χ1v) is 5.83. The van der Waals surface area contributed by atoms with Gasteiger partial charge < -0.3 is 16.6 Å². The molecule has 0 radical (unpaired) electrons. The van der Waals surface area contributed by atoms with Crippen LogP contribution in [0.2, 0.25) is 0 Å². The van der Waals surface area contributed by atoms with Crippen molar-refractivity contribution in [2.45, 2.75) is 32.6 Å². The number of rotatable bonds is 5. The summed E-state index contributed by atoms with van der Waals surface area (Å²) in [5.41, 5.74) is 12.1. The molecule has 100 valence electrons. The van der Waals surface area contributed by atoms with Gasteiger partial charge in [0.05, 0.1) is 11.4 Å². The Morgan fingerprint density at radius 1 is 1.33 bits per heavy atom. The number of benzene rings is 1. The minimum Gasteiger partial charge on any atom is -0.481 e. The number of carbonyl (C=O) groups is 2. The van der Waals surface area contributed by atoms with E-state index >= 15 is 0 Å². The van der Waals surface area contributed by atoms with Crippen molar-refractivity contribution in [3.63, 3.8) is 0 Å². The molecule has 5 heteroatoms. The Bertz CT molecular complexity index is 392. The van der Waals surface area contributed by atoms with Crippen LogP contribution in [0.3, 0.4) is 0 Å². The van der Waals surface area contributed by atoms with Crippen molar-refractivity contribution in [3.8, 4) is 0 Å². The summed E-state index contributed by atoms with van der Waals surface area (Å²) in [7, 11) is 0. The summed E-state index contributed by atoms with van der Waals surface area (Å²) in [4.78, 5) is 20.1. The summed E-state index contributed by atoms with van der Waals surface area (Å²) in [6, 6.07) is 4.97. The van der Waals surface area contributed by atoms with Crippen LogP contribution in [0, 0.1) is 0 Å². The maximum absolute atomic E-state index is 10.2. The van der Waals surface area contributed by atoms with Gasteiger partial charge in [-0.2, -0.15) is 0 Å². The molecule has 18 heavy (non-hydrogen) atoms. The monoisotopic (exact) mass is 252 g/mol. The number of para-hydroxylation sites is 1. The number of unbranched alkanes of at least 4 members (excludes halogenated alkanes) is 2. The van der Waals surface area contributed by atoms with Gasteiger partial charge in [0.15, 0.2) is 6.29 Å². The molecular weight excluding hydrogens is 232 g/mol. The molecule has 0 saturated heterocycles. The van der Waals surface area contributed by atoms with Crippen molar-refractivity contribution in [2.75, 3.05) is 11.5 Å². The quantitative estimate of drug-likeness (QED) is 0.423. The Labute approximate surface area is 107 Å². The van der Waals surface area contributed by atoms with Gasteiger partial charge in [0.25, 0.3) is 0 Å². The minimum absolute atomic E-state index is 0.327. The molecule has 1 aromatic rings. The number of carboxylic acids is 1. The summed E-state index contributed by atoms with van der Waals surface area (Å²) < 4.78 is 0. The number of nitrogens with two attached hydrogens (primary N) is 2. The van der Waals surface area contributed by atoms with Crippen molar-refractivity contribution in [1.82, 2.24) is 0 Å². The average Bonchev–Trinajstić information content (AvgIpc) is 2.33. The van der Waals surface area contributed by atoms with E-state index < -0.39 is 5.97 Å². The molecule has 0 atom stereocenters. The van der Waals surface area contributed by atoms with Crippen LogP contribution in [0.4, 0.5) is 11.4 Å². The number of carboxylic acid groups (broad SMARTS) is 1. The number of aliphatic carboxylic acids is 1. The predicted octanol–water partition coefficient (Wildman–Crippen LogP) is 2.31. The zero-order chi connectivity index (χ0) is 14.0. The van der Waals surface area contributed by atoms with Gasteiger partial charge in [-0.3, -0.25) is 9.59 Å². The number of aldehydes is 1. The molecule has 1 rings (SSSR count). The Kier molecular flexibility index (Phi) is 8.01. The summed E-state index contributed by atoms with van der Waals surface area (Å²) in [5.74, 6) is -0.682. The Morgan fingerprint density at radius 3 is 2.44 bits per heavy atom. The molecule has 0 spiro atoms. The first kappa shape index (κ1) is 16.0. The van der Waals surface area contributed by atoms with Gasteiger partial charge in [0, 0.05) is 12.0 Å². The first-order valence-electron chi connectivity index (χ1n) is 5.83. The molecule has 5 nitrogen and oxygen atoms in total. The molecule has 0 amide bonds. The highest BCUT2D eigenvalue weighted by molar-refractivity contribution is 5.88. The third-order valence-electron chi connectivity index (χ3n) is 2.29. The van der Waals surface area contributed by atoms with Gasteiger partial charge in [-0.1, -0.05) is 25.8 Å². The molecule has 1 aromatic carbocycles. The van der Waals surface area contributed by atoms with E-state index in [1.54, 1.807) is 18.2 Å². The second-order valence-corrected chi connectivity index (χ2v) is 3.82. The second kappa shape index (κ2) is 9.04. The normalized spacial score (nSPS) is 9.17. The van der Waals surface area contributed by atoms with Crippen molar-refractivity contribution in [3.05, 3.63) is 23.8 Å². The molecule has 0 aliphatic rings. The summed E-state index contributed by atoms with van der Waals surface area (Å²) in [6.45, 7) is 2.06. The van der Waals surface area contributed by atoms with E-state index in [-0.39, 0.29) is 0 Å². The predicted molar refractivity (Wildman–Crippen MR) is 72.4 cm³/mol. The molecule has 0 unspecified atom stereocenters. The van der Waals surface area contributed by atoms with Crippen molar-refractivity contribution in [1.29, 1.82) is 0 Å². The van der Waals surface area contributed by atoms with Crippen LogP contribution in [0.5, 0.6) is 0 Å². The maximum Gasteiger partial charge on any atom is 0.303 e. The molecule has 0 aliphatic heterocycles. The van der Waals surface area contributed by atoms with Crippen LogP contribution >= 0.6 is 0 Å². The van der Waals surface area contributed by atoms with Crippen LogP contribution < -0.4 is 11.5 Å². The van der Waals surface area contributed by atoms with Crippen LogP contribution in [-0.4, -0.2) is 17.4 Å². The molecular formula is C13H20N2O3. The number of hydrogen-bond acceptors (Lipinski definition) is 4. The van der Waals surface area contributed by atoms with Gasteiger partial charge >= 0.3 is 5.97 Å². The SMILES string of the molecule is CCCCCC(=O)O.Nc1cccc(C=O)c1N. The summed E-state index contributed by atoms with van der Waals surface area (Å²) in [5, 5.41) is 8.14. The molecule has 5 N–H and O–H groups in total. The van der Waals surface area contributed by atoms with Crippen LogP contribution in [-0.2, 0) is 4.79 Å². The molecule has 0 saturated carbocycles. The summed E-state index contributed by atoms with van der Waals surface area (Å²) in [6.07, 6.45) is 3.96. The average molecular weight is 252 g/mol. The second-order valence-electron chi connectivity index (χ2n) is 3.82. The van der Waals surface area contributed by atoms with E-state index in [4.69, 9.17) is 16.6 Å². The van der Waals surface area contributed by atoms with Gasteiger partial charge in [0.1, 0.15) is 0 Å². The van der Waals surface area contributed by atoms with Crippen molar-refractivity contribution < 1.29 is 14.7 Å². The lowest BCUT2D eigenvalue weighted by molar-refractivity contribution is -0.137. The van der Waals surface area contributed by atoms with E-state index in [2.05, 4.69) is 6.92 Å². The lowest BCUT2D eigenvalue weighted by Crippen LogP contribution is -1.98. The Morgan fingerprint density at radius 2 is 2.00 bits per heavy atom. The van der Waals surface area contributed by atoms with Gasteiger partial charge in [-0.25, -0.2) is 0 Å². The smallest absolute Gasteiger partial charge is 0.303 e. The third kappa shape index (κ3) is 6.52. The van der Waals surface area contributed by atoms with Gasteiger partial charge in [-0.15, -0.1) is 0 Å². The molecule has 0 aliphatic carbocycles. The number of anilines is 2. The molecule has 0 fully saturated rings. The van der Waals surface area contributed by atoms with Crippen molar-refractivity contribution >= 4 is 23.6 Å². The van der Waals surface area contributed by atoms with Crippen molar-refractivity contribution in [2.24, 2.45) is 0 Å². The van der Waals surface area contributed by atoms with E-state index in [0.717, 1.165) is 19.3 Å². The fourth-order valence-electron chi connectivity index (χ4n) is 1.23. The fourth-order valence-corrected chi connectivity index (χ4v) is 1.23.